The van der Waals surface area contributed by atoms with Crippen LogP contribution in [-0.2, 0) is 12.7 Å². The number of benzene rings is 1. The highest BCUT2D eigenvalue weighted by atomic mass is 19.4. The lowest BCUT2D eigenvalue weighted by Gasteiger charge is -2.13. The summed E-state index contributed by atoms with van der Waals surface area (Å²) < 4.78 is 52.2. The second kappa shape index (κ2) is 5.77. The molecule has 0 radical (unpaired) electrons. The SMILES string of the molecule is CNCc1cc(C)nc(-c2ccc(F)cc2C(F)(F)F)n1. The highest BCUT2D eigenvalue weighted by Crippen LogP contribution is 2.36. The molecular weight excluding hydrogens is 286 g/mol. The summed E-state index contributed by atoms with van der Waals surface area (Å²) in [6.45, 7) is 2.07. The van der Waals surface area contributed by atoms with E-state index in [0.29, 0.717) is 24.0 Å². The molecule has 0 aliphatic carbocycles. The van der Waals surface area contributed by atoms with E-state index in [1.807, 2.05) is 0 Å². The summed E-state index contributed by atoms with van der Waals surface area (Å²) in [5.74, 6) is -1.01. The third kappa shape index (κ3) is 3.55. The Morgan fingerprint density at radius 1 is 1.14 bits per heavy atom. The van der Waals surface area contributed by atoms with Crippen molar-refractivity contribution in [2.45, 2.75) is 19.6 Å². The number of hydrogen-bond acceptors (Lipinski definition) is 3. The molecule has 1 N–H and O–H groups in total. The van der Waals surface area contributed by atoms with Crippen molar-refractivity contribution in [2.75, 3.05) is 7.05 Å². The summed E-state index contributed by atoms with van der Waals surface area (Å²) in [5, 5.41) is 2.87. The second-order valence-corrected chi connectivity index (χ2v) is 4.54. The van der Waals surface area contributed by atoms with Crippen LogP contribution in [0.4, 0.5) is 17.6 Å². The zero-order valence-corrected chi connectivity index (χ0v) is 11.4. The molecule has 21 heavy (non-hydrogen) atoms. The number of aryl methyl sites for hydroxylation is 1. The minimum Gasteiger partial charge on any atom is -0.314 e. The van der Waals surface area contributed by atoms with Crippen molar-refractivity contribution >= 4 is 0 Å². The van der Waals surface area contributed by atoms with Gasteiger partial charge in [-0.1, -0.05) is 0 Å². The summed E-state index contributed by atoms with van der Waals surface area (Å²) in [7, 11) is 1.70. The summed E-state index contributed by atoms with van der Waals surface area (Å²) >= 11 is 0. The first-order valence-electron chi connectivity index (χ1n) is 6.17. The maximum absolute atomic E-state index is 13.1. The van der Waals surface area contributed by atoms with Crippen molar-refractivity contribution in [3.63, 3.8) is 0 Å². The van der Waals surface area contributed by atoms with E-state index in [4.69, 9.17) is 0 Å². The van der Waals surface area contributed by atoms with Crippen molar-refractivity contribution in [1.29, 1.82) is 0 Å². The molecule has 1 aromatic heterocycles. The molecule has 0 saturated heterocycles. The van der Waals surface area contributed by atoms with E-state index < -0.39 is 17.6 Å². The van der Waals surface area contributed by atoms with Crippen molar-refractivity contribution in [3.05, 3.63) is 47.0 Å². The van der Waals surface area contributed by atoms with Gasteiger partial charge in [0.2, 0.25) is 0 Å². The Morgan fingerprint density at radius 3 is 2.48 bits per heavy atom. The van der Waals surface area contributed by atoms with Gasteiger partial charge in [-0.15, -0.1) is 0 Å². The molecule has 0 amide bonds. The minimum atomic E-state index is -4.67. The molecule has 0 aliphatic heterocycles. The Balaban J connectivity index is 2.61. The molecule has 0 atom stereocenters. The van der Waals surface area contributed by atoms with E-state index in [1.165, 1.54) is 0 Å². The van der Waals surface area contributed by atoms with Gasteiger partial charge in [-0.25, -0.2) is 14.4 Å². The fourth-order valence-electron chi connectivity index (χ4n) is 1.97. The van der Waals surface area contributed by atoms with Gasteiger partial charge in [-0.05, 0) is 38.2 Å². The van der Waals surface area contributed by atoms with Crippen LogP contribution in [0.5, 0.6) is 0 Å². The van der Waals surface area contributed by atoms with Crippen molar-refractivity contribution in [2.24, 2.45) is 0 Å². The smallest absolute Gasteiger partial charge is 0.314 e. The standard InChI is InChI=1S/C14H13F4N3/c1-8-5-10(7-19-2)21-13(20-8)11-4-3-9(15)6-12(11)14(16,17)18/h3-6,19H,7H2,1-2H3. The first kappa shape index (κ1) is 15.4. The molecule has 0 unspecified atom stereocenters. The molecule has 2 aromatic rings. The second-order valence-electron chi connectivity index (χ2n) is 4.54. The molecule has 7 heteroatoms. The molecule has 1 aromatic carbocycles. The number of alkyl halides is 3. The lowest BCUT2D eigenvalue weighted by atomic mass is 10.1. The van der Waals surface area contributed by atoms with Crippen LogP contribution in [0.15, 0.2) is 24.3 Å². The van der Waals surface area contributed by atoms with E-state index in [9.17, 15) is 17.6 Å². The fourth-order valence-corrected chi connectivity index (χ4v) is 1.97. The maximum Gasteiger partial charge on any atom is 0.417 e. The summed E-state index contributed by atoms with van der Waals surface area (Å²) in [6, 6.07) is 4.15. The van der Waals surface area contributed by atoms with E-state index >= 15 is 0 Å². The van der Waals surface area contributed by atoms with Gasteiger partial charge in [0.05, 0.1) is 11.3 Å². The Kier molecular flexibility index (Phi) is 4.22. The molecule has 1 heterocycles. The zero-order valence-electron chi connectivity index (χ0n) is 11.4. The van der Waals surface area contributed by atoms with E-state index in [1.54, 1.807) is 20.0 Å². The number of nitrogens with zero attached hydrogens (tertiary/aromatic N) is 2. The predicted octanol–water partition coefficient (Wildman–Crippen LogP) is 3.33. The summed E-state index contributed by atoms with van der Waals surface area (Å²) in [5.41, 5.74) is -0.200. The van der Waals surface area contributed by atoms with Gasteiger partial charge in [0.1, 0.15) is 5.82 Å². The van der Waals surface area contributed by atoms with E-state index in [0.717, 1.165) is 12.1 Å². The van der Waals surface area contributed by atoms with Gasteiger partial charge in [-0.3, -0.25) is 0 Å². The van der Waals surface area contributed by atoms with Gasteiger partial charge in [0.25, 0.3) is 0 Å². The minimum absolute atomic E-state index is 0.0624. The highest BCUT2D eigenvalue weighted by Gasteiger charge is 2.35. The summed E-state index contributed by atoms with van der Waals surface area (Å²) in [4.78, 5) is 8.13. The Bertz CT molecular complexity index is 653. The van der Waals surface area contributed by atoms with Crippen molar-refractivity contribution in [3.8, 4) is 11.4 Å². The molecule has 2 rings (SSSR count). The lowest BCUT2D eigenvalue weighted by Crippen LogP contribution is -2.11. The largest absolute Gasteiger partial charge is 0.417 e. The monoisotopic (exact) mass is 299 g/mol. The molecule has 0 spiro atoms. The topological polar surface area (TPSA) is 37.8 Å². The van der Waals surface area contributed by atoms with Gasteiger partial charge in [0, 0.05) is 17.8 Å². The van der Waals surface area contributed by atoms with Crippen molar-refractivity contribution < 1.29 is 17.6 Å². The first-order chi connectivity index (χ1) is 9.81. The van der Waals surface area contributed by atoms with Crippen LogP contribution in [0.25, 0.3) is 11.4 Å². The molecule has 112 valence electrons. The zero-order chi connectivity index (χ0) is 15.6. The average Bonchev–Trinajstić information content (AvgIpc) is 2.37. The van der Waals surface area contributed by atoms with Gasteiger partial charge >= 0.3 is 6.18 Å². The molecule has 0 bridgehead atoms. The van der Waals surface area contributed by atoms with Crippen LogP contribution in [0.1, 0.15) is 17.0 Å². The molecular formula is C14H13F4N3. The van der Waals surface area contributed by atoms with E-state index in [2.05, 4.69) is 15.3 Å². The van der Waals surface area contributed by atoms with Crippen LogP contribution in [0, 0.1) is 12.7 Å². The van der Waals surface area contributed by atoms with Crippen molar-refractivity contribution in [1.82, 2.24) is 15.3 Å². The number of hydrogen-bond donors (Lipinski definition) is 1. The highest BCUT2D eigenvalue weighted by molar-refractivity contribution is 5.61. The maximum atomic E-state index is 13.1. The third-order valence-corrected chi connectivity index (χ3v) is 2.79. The van der Waals surface area contributed by atoms with E-state index in [-0.39, 0.29) is 11.4 Å². The number of nitrogens with one attached hydrogen (secondary N) is 1. The number of halogens is 4. The number of rotatable bonds is 3. The molecule has 3 nitrogen and oxygen atoms in total. The first-order valence-corrected chi connectivity index (χ1v) is 6.17. The quantitative estimate of drug-likeness (QED) is 0.883. The van der Waals surface area contributed by atoms with Crippen LogP contribution in [-0.4, -0.2) is 17.0 Å². The fraction of sp³-hybridized carbons (Fsp3) is 0.286. The normalized spacial score (nSPS) is 11.7. The lowest BCUT2D eigenvalue weighted by molar-refractivity contribution is -0.137. The third-order valence-electron chi connectivity index (χ3n) is 2.79. The molecule has 0 fully saturated rings. The van der Waals surface area contributed by atoms with Gasteiger partial charge < -0.3 is 5.32 Å². The van der Waals surface area contributed by atoms with Gasteiger partial charge in [-0.2, -0.15) is 13.2 Å². The average molecular weight is 299 g/mol. The Hall–Kier alpha value is -2.02. The van der Waals surface area contributed by atoms with Crippen LogP contribution in [0.2, 0.25) is 0 Å². The van der Waals surface area contributed by atoms with Gasteiger partial charge in [0.15, 0.2) is 5.82 Å². The Morgan fingerprint density at radius 2 is 1.86 bits per heavy atom. The predicted molar refractivity (Wildman–Crippen MR) is 69.9 cm³/mol. The van der Waals surface area contributed by atoms with Crippen LogP contribution in [0.3, 0.4) is 0 Å². The van der Waals surface area contributed by atoms with Crippen LogP contribution < -0.4 is 5.32 Å². The molecule has 0 saturated carbocycles. The molecule has 0 aliphatic rings. The van der Waals surface area contributed by atoms with Crippen LogP contribution >= 0.6 is 0 Å². The number of aromatic nitrogens is 2. The summed E-state index contributed by atoms with van der Waals surface area (Å²) in [6.07, 6.45) is -4.67. The Labute approximate surface area is 119 Å².